The summed E-state index contributed by atoms with van der Waals surface area (Å²) in [6.45, 7) is 3.04. The average Bonchev–Trinajstić information content (AvgIpc) is 2.80. The van der Waals surface area contributed by atoms with Gasteiger partial charge < -0.3 is 10.3 Å². The molecule has 1 aromatic heterocycles. The molecule has 0 aliphatic rings. The summed E-state index contributed by atoms with van der Waals surface area (Å²) in [4.78, 5) is 4.76. The van der Waals surface area contributed by atoms with Gasteiger partial charge in [0.25, 0.3) is 0 Å². The molecule has 0 fully saturated rings. The van der Waals surface area contributed by atoms with Crippen LogP contribution in [0.4, 0.5) is 5.69 Å². The second-order valence-corrected chi connectivity index (χ2v) is 6.24. The molecule has 21 heavy (non-hydrogen) atoms. The molecule has 0 spiro atoms. The number of aryl methyl sites for hydroxylation is 1. The standard InChI is InChI=1S/C16H15BrClN3/c1-2-8-21-14-7-6-10(17)9-13(14)20-16(21)11-4-3-5-12(18)15(11)19/h3-7,9H,2,8,19H2,1H3. The smallest absolute Gasteiger partial charge is 0.143 e. The van der Waals surface area contributed by atoms with Crippen LogP contribution in [0.2, 0.25) is 5.02 Å². The average molecular weight is 365 g/mol. The number of anilines is 1. The number of rotatable bonds is 3. The van der Waals surface area contributed by atoms with Crippen LogP contribution in [-0.4, -0.2) is 9.55 Å². The van der Waals surface area contributed by atoms with Crippen LogP contribution in [-0.2, 0) is 6.54 Å². The van der Waals surface area contributed by atoms with Crippen LogP contribution in [0.1, 0.15) is 13.3 Å². The summed E-state index contributed by atoms with van der Waals surface area (Å²) < 4.78 is 3.21. The molecule has 3 rings (SSSR count). The fourth-order valence-electron chi connectivity index (χ4n) is 2.49. The highest BCUT2D eigenvalue weighted by Gasteiger charge is 2.15. The van der Waals surface area contributed by atoms with E-state index in [2.05, 4.69) is 33.5 Å². The maximum atomic E-state index is 6.15. The number of benzene rings is 2. The third kappa shape index (κ3) is 2.54. The molecule has 0 radical (unpaired) electrons. The van der Waals surface area contributed by atoms with Gasteiger partial charge in [-0.05, 0) is 36.8 Å². The molecular weight excluding hydrogens is 350 g/mol. The lowest BCUT2D eigenvalue weighted by atomic mass is 10.1. The zero-order valence-corrected chi connectivity index (χ0v) is 13.9. The number of fused-ring (bicyclic) bond motifs is 1. The zero-order chi connectivity index (χ0) is 15.0. The van der Waals surface area contributed by atoms with Crippen molar-refractivity contribution < 1.29 is 0 Å². The van der Waals surface area contributed by atoms with Gasteiger partial charge in [-0.15, -0.1) is 0 Å². The molecule has 0 aliphatic carbocycles. The molecule has 3 aromatic rings. The first-order valence-corrected chi connectivity index (χ1v) is 7.99. The van der Waals surface area contributed by atoms with Crippen molar-refractivity contribution in [3.8, 4) is 11.4 Å². The van der Waals surface area contributed by atoms with Crippen molar-refractivity contribution in [1.82, 2.24) is 9.55 Å². The minimum atomic E-state index is 0.559. The molecule has 2 aromatic carbocycles. The van der Waals surface area contributed by atoms with Gasteiger partial charge in [0.15, 0.2) is 0 Å². The zero-order valence-electron chi connectivity index (χ0n) is 11.6. The lowest BCUT2D eigenvalue weighted by molar-refractivity contribution is 0.704. The molecule has 2 N–H and O–H groups in total. The maximum Gasteiger partial charge on any atom is 0.143 e. The minimum Gasteiger partial charge on any atom is -0.397 e. The van der Waals surface area contributed by atoms with Crippen LogP contribution in [0.5, 0.6) is 0 Å². The van der Waals surface area contributed by atoms with Gasteiger partial charge in [-0.25, -0.2) is 4.98 Å². The highest BCUT2D eigenvalue weighted by Crippen LogP contribution is 2.33. The molecule has 0 saturated heterocycles. The van der Waals surface area contributed by atoms with E-state index in [4.69, 9.17) is 22.3 Å². The number of hydrogen-bond acceptors (Lipinski definition) is 2. The first-order valence-electron chi connectivity index (χ1n) is 6.82. The fraction of sp³-hybridized carbons (Fsp3) is 0.188. The molecule has 0 saturated carbocycles. The van der Waals surface area contributed by atoms with E-state index in [1.165, 1.54) is 0 Å². The largest absolute Gasteiger partial charge is 0.397 e. The van der Waals surface area contributed by atoms with Gasteiger partial charge in [-0.2, -0.15) is 0 Å². The van der Waals surface area contributed by atoms with E-state index in [0.717, 1.165) is 39.9 Å². The molecule has 0 atom stereocenters. The lowest BCUT2D eigenvalue weighted by Gasteiger charge is -2.10. The molecule has 1 heterocycles. The Hall–Kier alpha value is -1.52. The topological polar surface area (TPSA) is 43.8 Å². The van der Waals surface area contributed by atoms with E-state index in [1.807, 2.05) is 24.3 Å². The summed E-state index contributed by atoms with van der Waals surface area (Å²) in [5.41, 5.74) is 9.65. The number of aromatic nitrogens is 2. The van der Waals surface area contributed by atoms with Gasteiger partial charge in [0.2, 0.25) is 0 Å². The van der Waals surface area contributed by atoms with E-state index < -0.39 is 0 Å². The molecule has 3 nitrogen and oxygen atoms in total. The van der Waals surface area contributed by atoms with Crippen LogP contribution in [0.3, 0.4) is 0 Å². The van der Waals surface area contributed by atoms with E-state index in [1.54, 1.807) is 6.07 Å². The number of hydrogen-bond donors (Lipinski definition) is 1. The Morgan fingerprint density at radius 1 is 1.29 bits per heavy atom. The third-order valence-electron chi connectivity index (χ3n) is 3.45. The van der Waals surface area contributed by atoms with Crippen molar-refractivity contribution in [2.45, 2.75) is 19.9 Å². The third-order valence-corrected chi connectivity index (χ3v) is 4.27. The number of halogens is 2. The van der Waals surface area contributed by atoms with Crippen LogP contribution < -0.4 is 5.73 Å². The van der Waals surface area contributed by atoms with Gasteiger partial charge in [-0.1, -0.05) is 40.5 Å². The molecule has 108 valence electrons. The Labute approximate surface area is 136 Å². The molecule has 0 bridgehead atoms. The van der Waals surface area contributed by atoms with Gasteiger partial charge >= 0.3 is 0 Å². The summed E-state index contributed by atoms with van der Waals surface area (Å²) >= 11 is 9.64. The number of para-hydroxylation sites is 1. The lowest BCUT2D eigenvalue weighted by Crippen LogP contribution is -2.02. The molecule has 0 aliphatic heterocycles. The Bertz CT molecular complexity index is 811. The number of nitrogens with two attached hydrogens (primary N) is 1. The highest BCUT2D eigenvalue weighted by atomic mass is 79.9. The fourth-order valence-corrected chi connectivity index (χ4v) is 3.01. The SMILES string of the molecule is CCCn1c(-c2cccc(Cl)c2N)nc2cc(Br)ccc21. The molecule has 0 amide bonds. The van der Waals surface area contributed by atoms with Crippen molar-refractivity contribution in [1.29, 1.82) is 0 Å². The number of imidazole rings is 1. The second-order valence-electron chi connectivity index (χ2n) is 4.92. The quantitative estimate of drug-likeness (QED) is 0.656. The van der Waals surface area contributed by atoms with E-state index in [9.17, 15) is 0 Å². The highest BCUT2D eigenvalue weighted by molar-refractivity contribution is 9.10. The van der Waals surface area contributed by atoms with Crippen LogP contribution in [0, 0.1) is 0 Å². The monoisotopic (exact) mass is 363 g/mol. The van der Waals surface area contributed by atoms with E-state index >= 15 is 0 Å². The Balaban J connectivity index is 2.30. The van der Waals surface area contributed by atoms with Crippen molar-refractivity contribution in [3.05, 3.63) is 45.9 Å². The Morgan fingerprint density at radius 2 is 2.10 bits per heavy atom. The number of nitrogen functional groups attached to an aromatic ring is 1. The van der Waals surface area contributed by atoms with Crippen molar-refractivity contribution in [3.63, 3.8) is 0 Å². The summed E-state index contributed by atoms with van der Waals surface area (Å²) in [6.07, 6.45) is 1.02. The number of nitrogens with zero attached hydrogens (tertiary/aromatic N) is 2. The first kappa shape index (κ1) is 14.4. The Kier molecular flexibility index (Phi) is 3.91. The van der Waals surface area contributed by atoms with Gasteiger partial charge in [-0.3, -0.25) is 0 Å². The molecule has 5 heteroatoms. The van der Waals surface area contributed by atoms with Gasteiger partial charge in [0.1, 0.15) is 5.82 Å². The maximum absolute atomic E-state index is 6.15. The van der Waals surface area contributed by atoms with Crippen LogP contribution >= 0.6 is 27.5 Å². The van der Waals surface area contributed by atoms with E-state index in [0.29, 0.717) is 10.7 Å². The second kappa shape index (κ2) is 5.70. The van der Waals surface area contributed by atoms with Gasteiger partial charge in [0, 0.05) is 16.6 Å². The predicted molar refractivity (Wildman–Crippen MR) is 92.6 cm³/mol. The summed E-state index contributed by atoms with van der Waals surface area (Å²) in [7, 11) is 0. The predicted octanol–water partition coefficient (Wildman–Crippen LogP) is 5.11. The molecular formula is C16H15BrClN3. The summed E-state index contributed by atoms with van der Waals surface area (Å²) in [6, 6.07) is 11.8. The minimum absolute atomic E-state index is 0.559. The summed E-state index contributed by atoms with van der Waals surface area (Å²) in [5.74, 6) is 0.866. The van der Waals surface area contributed by atoms with E-state index in [-0.39, 0.29) is 0 Å². The molecule has 0 unspecified atom stereocenters. The van der Waals surface area contributed by atoms with Crippen molar-refractivity contribution in [2.75, 3.05) is 5.73 Å². The van der Waals surface area contributed by atoms with Crippen LogP contribution in [0.25, 0.3) is 22.4 Å². The van der Waals surface area contributed by atoms with Crippen molar-refractivity contribution in [2.24, 2.45) is 0 Å². The normalized spacial score (nSPS) is 11.2. The Morgan fingerprint density at radius 3 is 2.86 bits per heavy atom. The van der Waals surface area contributed by atoms with Gasteiger partial charge in [0.05, 0.1) is 21.7 Å². The first-order chi connectivity index (χ1) is 10.1. The summed E-state index contributed by atoms with van der Waals surface area (Å²) in [5, 5.41) is 0.559. The van der Waals surface area contributed by atoms with Crippen LogP contribution in [0.15, 0.2) is 40.9 Å². The van der Waals surface area contributed by atoms with Crippen molar-refractivity contribution >= 4 is 44.3 Å².